The minimum absolute atomic E-state index is 0.270. The van der Waals surface area contributed by atoms with E-state index in [0.29, 0.717) is 11.3 Å². The van der Waals surface area contributed by atoms with Crippen molar-refractivity contribution in [3.8, 4) is 5.75 Å². The molecular weight excluding hydrogens is 204 g/mol. The summed E-state index contributed by atoms with van der Waals surface area (Å²) in [5, 5.41) is 9.78. The molecule has 1 aliphatic rings. The normalized spacial score (nSPS) is 24.3. The fourth-order valence-corrected chi connectivity index (χ4v) is 1.79. The van der Waals surface area contributed by atoms with Gasteiger partial charge in [0, 0.05) is 0 Å². The van der Waals surface area contributed by atoms with Gasteiger partial charge in [-0.2, -0.15) is 0 Å². The second-order valence-electron chi connectivity index (χ2n) is 3.92. The molecule has 1 aromatic carbocycles. The molecule has 16 heavy (non-hydrogen) atoms. The Kier molecular flexibility index (Phi) is 2.79. The lowest BCUT2D eigenvalue weighted by atomic mass is 9.96. The van der Waals surface area contributed by atoms with Crippen molar-refractivity contribution in [3.05, 3.63) is 41.5 Å². The van der Waals surface area contributed by atoms with Crippen LogP contribution >= 0.6 is 0 Å². The molecule has 0 aromatic heterocycles. The number of fused-ring (bicyclic) bond motifs is 1. The molecule has 0 saturated heterocycles. The Balaban J connectivity index is 2.44. The van der Waals surface area contributed by atoms with E-state index in [1.165, 1.54) is 0 Å². The molecule has 3 heteroatoms. The van der Waals surface area contributed by atoms with E-state index in [1.54, 1.807) is 24.3 Å². The summed E-state index contributed by atoms with van der Waals surface area (Å²) in [5.41, 5.74) is 1.45. The van der Waals surface area contributed by atoms with E-state index in [9.17, 15) is 9.90 Å². The molecule has 0 amide bonds. The zero-order valence-electron chi connectivity index (χ0n) is 9.31. The first kappa shape index (κ1) is 10.9. The number of Topliss-reactive ketones (excluding diaryl/α,β-unsaturated/α-hetero) is 1. The number of allylic oxidation sites excluding steroid dienone is 1. The first-order valence-electron chi connectivity index (χ1n) is 5.26. The van der Waals surface area contributed by atoms with E-state index in [4.69, 9.17) is 4.74 Å². The van der Waals surface area contributed by atoms with E-state index in [1.807, 2.05) is 19.9 Å². The molecule has 0 radical (unpaired) electrons. The lowest BCUT2D eigenvalue weighted by Crippen LogP contribution is -2.41. The SMILES string of the molecule is C/C=C/[C@@H]1Oc2ccc(C)cc2C(=O)[C@@H]1O. The summed E-state index contributed by atoms with van der Waals surface area (Å²) in [7, 11) is 0. The van der Waals surface area contributed by atoms with Crippen LogP contribution in [0.5, 0.6) is 5.75 Å². The number of aryl methyl sites for hydroxylation is 1. The zero-order valence-corrected chi connectivity index (χ0v) is 9.31. The average molecular weight is 218 g/mol. The van der Waals surface area contributed by atoms with Crippen LogP contribution in [0.15, 0.2) is 30.4 Å². The van der Waals surface area contributed by atoms with Crippen LogP contribution in [-0.4, -0.2) is 23.1 Å². The fourth-order valence-electron chi connectivity index (χ4n) is 1.79. The Bertz CT molecular complexity index is 448. The molecule has 0 aliphatic carbocycles. The van der Waals surface area contributed by atoms with E-state index in [0.717, 1.165) is 5.56 Å². The van der Waals surface area contributed by atoms with Gasteiger partial charge in [0.15, 0.2) is 18.0 Å². The first-order chi connectivity index (χ1) is 7.63. The van der Waals surface area contributed by atoms with Gasteiger partial charge in [0.05, 0.1) is 5.56 Å². The van der Waals surface area contributed by atoms with Crippen molar-refractivity contribution < 1.29 is 14.6 Å². The number of hydrogen-bond donors (Lipinski definition) is 1. The summed E-state index contributed by atoms with van der Waals surface area (Å²) in [6.45, 7) is 3.73. The molecule has 1 aliphatic heterocycles. The Morgan fingerprint density at radius 1 is 1.44 bits per heavy atom. The number of hydrogen-bond acceptors (Lipinski definition) is 3. The standard InChI is InChI=1S/C13H14O3/c1-3-4-11-13(15)12(14)9-7-8(2)5-6-10(9)16-11/h3-7,11,13,15H,1-2H3/b4-3+/t11-,13+/m0/s1. The predicted octanol–water partition coefficient (Wildman–Crippen LogP) is 1.88. The molecule has 1 N–H and O–H groups in total. The number of ether oxygens (including phenoxy) is 1. The molecule has 1 heterocycles. The van der Waals surface area contributed by atoms with Crippen molar-refractivity contribution in [2.45, 2.75) is 26.1 Å². The van der Waals surface area contributed by atoms with Gasteiger partial charge >= 0.3 is 0 Å². The van der Waals surface area contributed by atoms with Crippen LogP contribution in [0.3, 0.4) is 0 Å². The number of benzene rings is 1. The van der Waals surface area contributed by atoms with Crippen molar-refractivity contribution in [3.63, 3.8) is 0 Å². The summed E-state index contributed by atoms with van der Waals surface area (Å²) in [4.78, 5) is 11.9. The van der Waals surface area contributed by atoms with Crippen LogP contribution in [0, 0.1) is 6.92 Å². The van der Waals surface area contributed by atoms with Crippen LogP contribution in [0.1, 0.15) is 22.8 Å². The Morgan fingerprint density at radius 3 is 2.88 bits per heavy atom. The van der Waals surface area contributed by atoms with Crippen molar-refractivity contribution in [2.24, 2.45) is 0 Å². The lowest BCUT2D eigenvalue weighted by Gasteiger charge is -2.27. The quantitative estimate of drug-likeness (QED) is 0.732. The van der Waals surface area contributed by atoms with Crippen LogP contribution in [0.4, 0.5) is 0 Å². The van der Waals surface area contributed by atoms with Crippen molar-refractivity contribution in [1.82, 2.24) is 0 Å². The molecule has 3 nitrogen and oxygen atoms in total. The zero-order chi connectivity index (χ0) is 11.7. The van der Waals surface area contributed by atoms with Gasteiger partial charge in [0.1, 0.15) is 5.75 Å². The highest BCUT2D eigenvalue weighted by atomic mass is 16.5. The van der Waals surface area contributed by atoms with Gasteiger partial charge in [-0.3, -0.25) is 4.79 Å². The van der Waals surface area contributed by atoms with Gasteiger partial charge in [-0.1, -0.05) is 17.7 Å². The predicted molar refractivity (Wildman–Crippen MR) is 60.7 cm³/mol. The van der Waals surface area contributed by atoms with Crippen LogP contribution in [0.25, 0.3) is 0 Å². The Labute approximate surface area is 94.4 Å². The van der Waals surface area contributed by atoms with Gasteiger partial charge in [-0.15, -0.1) is 0 Å². The topological polar surface area (TPSA) is 46.5 Å². The maximum absolute atomic E-state index is 11.9. The van der Waals surface area contributed by atoms with Gasteiger partial charge in [-0.25, -0.2) is 0 Å². The largest absolute Gasteiger partial charge is 0.482 e. The number of carbonyl (C=O) groups excluding carboxylic acids is 1. The Hall–Kier alpha value is -1.61. The lowest BCUT2D eigenvalue weighted by molar-refractivity contribution is 0.0378. The smallest absolute Gasteiger partial charge is 0.199 e. The van der Waals surface area contributed by atoms with Gasteiger partial charge in [-0.05, 0) is 32.1 Å². The fraction of sp³-hybridized carbons (Fsp3) is 0.308. The molecule has 2 atom stereocenters. The molecule has 0 fully saturated rings. The summed E-state index contributed by atoms with van der Waals surface area (Å²) < 4.78 is 5.55. The molecule has 84 valence electrons. The highest BCUT2D eigenvalue weighted by Gasteiger charge is 2.34. The molecular formula is C13H14O3. The second kappa shape index (κ2) is 4.10. The Morgan fingerprint density at radius 2 is 2.19 bits per heavy atom. The number of rotatable bonds is 1. The minimum atomic E-state index is -1.11. The van der Waals surface area contributed by atoms with E-state index in [2.05, 4.69) is 0 Å². The van der Waals surface area contributed by atoms with Crippen LogP contribution in [0.2, 0.25) is 0 Å². The summed E-state index contributed by atoms with van der Waals surface area (Å²) >= 11 is 0. The number of ketones is 1. The maximum atomic E-state index is 11.9. The van der Waals surface area contributed by atoms with Crippen molar-refractivity contribution in [2.75, 3.05) is 0 Å². The van der Waals surface area contributed by atoms with Crippen LogP contribution in [-0.2, 0) is 0 Å². The van der Waals surface area contributed by atoms with E-state index >= 15 is 0 Å². The summed E-state index contributed by atoms with van der Waals surface area (Å²) in [6.07, 6.45) is 1.77. The molecule has 1 aromatic rings. The molecule has 2 rings (SSSR count). The van der Waals surface area contributed by atoms with Gasteiger partial charge in [0.25, 0.3) is 0 Å². The minimum Gasteiger partial charge on any atom is -0.482 e. The average Bonchev–Trinajstić information content (AvgIpc) is 2.27. The second-order valence-corrected chi connectivity index (χ2v) is 3.92. The van der Waals surface area contributed by atoms with E-state index in [-0.39, 0.29) is 5.78 Å². The molecule has 0 bridgehead atoms. The monoisotopic (exact) mass is 218 g/mol. The highest BCUT2D eigenvalue weighted by Crippen LogP contribution is 2.29. The first-order valence-corrected chi connectivity index (χ1v) is 5.26. The van der Waals surface area contributed by atoms with Gasteiger partial charge < -0.3 is 9.84 Å². The highest BCUT2D eigenvalue weighted by molar-refractivity contribution is 6.03. The van der Waals surface area contributed by atoms with Crippen molar-refractivity contribution >= 4 is 5.78 Å². The summed E-state index contributed by atoms with van der Waals surface area (Å²) in [6, 6.07) is 5.40. The number of carbonyl (C=O) groups is 1. The van der Waals surface area contributed by atoms with Gasteiger partial charge in [0.2, 0.25) is 0 Å². The number of aliphatic hydroxyl groups is 1. The third-order valence-electron chi connectivity index (χ3n) is 2.63. The maximum Gasteiger partial charge on any atom is 0.199 e. The summed E-state index contributed by atoms with van der Waals surface area (Å²) in [5.74, 6) is 0.275. The number of aliphatic hydroxyl groups excluding tert-OH is 1. The van der Waals surface area contributed by atoms with Crippen molar-refractivity contribution in [1.29, 1.82) is 0 Å². The third-order valence-corrected chi connectivity index (χ3v) is 2.63. The molecule has 0 spiro atoms. The van der Waals surface area contributed by atoms with Crippen LogP contribution < -0.4 is 4.74 Å². The molecule has 0 unspecified atom stereocenters. The van der Waals surface area contributed by atoms with E-state index < -0.39 is 12.2 Å². The third kappa shape index (κ3) is 1.74. The molecule has 0 saturated carbocycles.